The van der Waals surface area contributed by atoms with Crippen LogP contribution < -0.4 is 5.32 Å². The summed E-state index contributed by atoms with van der Waals surface area (Å²) in [6.07, 6.45) is 0.779. The molecule has 1 aromatic heterocycles. The summed E-state index contributed by atoms with van der Waals surface area (Å²) in [7, 11) is 1.39. The summed E-state index contributed by atoms with van der Waals surface area (Å²) in [4.78, 5) is 20.7. The van der Waals surface area contributed by atoms with Gasteiger partial charge in [0.2, 0.25) is 0 Å². The second-order valence-corrected chi connectivity index (χ2v) is 5.24. The zero-order valence-electron chi connectivity index (χ0n) is 10.7. The van der Waals surface area contributed by atoms with Crippen LogP contribution in [0.4, 0.5) is 0 Å². The van der Waals surface area contributed by atoms with E-state index in [2.05, 4.69) is 22.2 Å². The number of fused-ring (bicyclic) bond motifs is 1. The van der Waals surface area contributed by atoms with E-state index in [4.69, 9.17) is 4.74 Å². The number of carbonyl (C=O) groups is 1. The molecular weight excluding hydrogens is 250 g/mol. The van der Waals surface area contributed by atoms with Crippen LogP contribution in [0.2, 0.25) is 0 Å². The smallest absolute Gasteiger partial charge is 0.357 e. The van der Waals surface area contributed by atoms with Crippen molar-refractivity contribution in [2.75, 3.05) is 19.4 Å². The van der Waals surface area contributed by atoms with Gasteiger partial charge in [0.1, 0.15) is 5.82 Å². The molecule has 5 nitrogen and oxygen atoms in total. The van der Waals surface area contributed by atoms with Crippen LogP contribution in [0.5, 0.6) is 0 Å². The second-order valence-electron chi connectivity index (χ2n) is 3.97. The summed E-state index contributed by atoms with van der Waals surface area (Å²) in [6, 6.07) is 0. The number of hydrogen-bond acceptors (Lipinski definition) is 6. The number of aromatic nitrogens is 2. The van der Waals surface area contributed by atoms with E-state index in [9.17, 15) is 4.79 Å². The molecule has 0 atom stereocenters. The van der Waals surface area contributed by atoms with Gasteiger partial charge in [0.25, 0.3) is 0 Å². The van der Waals surface area contributed by atoms with Crippen LogP contribution >= 0.6 is 11.8 Å². The van der Waals surface area contributed by atoms with Gasteiger partial charge in [-0.05, 0) is 18.7 Å². The Labute approximate surface area is 111 Å². The van der Waals surface area contributed by atoms with Crippen molar-refractivity contribution in [2.45, 2.75) is 25.6 Å². The molecule has 1 aromatic rings. The lowest BCUT2D eigenvalue weighted by Crippen LogP contribution is -2.28. The van der Waals surface area contributed by atoms with E-state index in [-0.39, 0.29) is 5.97 Å². The third kappa shape index (κ3) is 2.81. The third-order valence-electron chi connectivity index (χ3n) is 2.80. The van der Waals surface area contributed by atoms with Crippen LogP contribution in [0, 0.1) is 0 Å². The number of rotatable bonds is 4. The van der Waals surface area contributed by atoms with Crippen LogP contribution in [0.1, 0.15) is 34.5 Å². The first kappa shape index (κ1) is 13.3. The molecule has 0 amide bonds. The van der Waals surface area contributed by atoms with Crippen LogP contribution in [0.15, 0.2) is 0 Å². The van der Waals surface area contributed by atoms with Crippen molar-refractivity contribution in [1.82, 2.24) is 15.3 Å². The Morgan fingerprint density at radius 2 is 2.33 bits per heavy atom. The molecule has 0 unspecified atom stereocenters. The molecule has 6 heteroatoms. The van der Waals surface area contributed by atoms with Crippen LogP contribution in [0.25, 0.3) is 0 Å². The number of methoxy groups -OCH3 is 1. The third-order valence-corrected chi connectivity index (χ3v) is 3.67. The minimum Gasteiger partial charge on any atom is -0.464 e. The number of carbonyl (C=O) groups excluding carboxylic acids is 1. The molecule has 18 heavy (non-hydrogen) atoms. The van der Waals surface area contributed by atoms with Crippen molar-refractivity contribution in [3.63, 3.8) is 0 Å². The van der Waals surface area contributed by atoms with Gasteiger partial charge in [-0.2, -0.15) is 11.8 Å². The average molecular weight is 267 g/mol. The predicted octanol–water partition coefficient (Wildman–Crippen LogP) is 1.16. The largest absolute Gasteiger partial charge is 0.464 e. The Morgan fingerprint density at radius 1 is 1.50 bits per heavy atom. The molecular formula is C12H17N3O2S. The van der Waals surface area contributed by atoms with Gasteiger partial charge >= 0.3 is 5.97 Å². The molecule has 0 bridgehead atoms. The SMILES string of the molecule is CCSCc1nc2c(c(C(=O)OC)n1)CCNC2. The Bertz CT molecular complexity index is 451. The molecule has 1 aliphatic rings. The topological polar surface area (TPSA) is 64.1 Å². The fourth-order valence-electron chi connectivity index (χ4n) is 1.93. The maximum absolute atomic E-state index is 11.8. The second kappa shape index (κ2) is 6.15. The van der Waals surface area contributed by atoms with Crippen LogP contribution in [-0.2, 0) is 23.5 Å². The molecule has 0 aliphatic carbocycles. The molecule has 0 aromatic carbocycles. The number of nitrogens with one attached hydrogen (secondary N) is 1. The lowest BCUT2D eigenvalue weighted by molar-refractivity contribution is 0.0591. The van der Waals surface area contributed by atoms with Crippen molar-refractivity contribution in [1.29, 1.82) is 0 Å². The first-order chi connectivity index (χ1) is 8.76. The molecule has 1 N–H and O–H groups in total. The van der Waals surface area contributed by atoms with Gasteiger partial charge in [-0.3, -0.25) is 0 Å². The molecule has 2 heterocycles. The van der Waals surface area contributed by atoms with E-state index >= 15 is 0 Å². The number of nitrogens with zero attached hydrogens (tertiary/aromatic N) is 2. The molecule has 0 fully saturated rings. The minimum absolute atomic E-state index is 0.363. The summed E-state index contributed by atoms with van der Waals surface area (Å²) < 4.78 is 4.81. The number of esters is 1. The summed E-state index contributed by atoms with van der Waals surface area (Å²) in [6.45, 7) is 3.64. The summed E-state index contributed by atoms with van der Waals surface area (Å²) in [5.74, 6) is 2.09. The fraction of sp³-hybridized carbons (Fsp3) is 0.583. The normalized spacial score (nSPS) is 14.1. The van der Waals surface area contributed by atoms with E-state index in [0.29, 0.717) is 18.1 Å². The monoisotopic (exact) mass is 267 g/mol. The Kier molecular flexibility index (Phi) is 4.54. The maximum Gasteiger partial charge on any atom is 0.357 e. The lowest BCUT2D eigenvalue weighted by atomic mass is 10.0. The standard InChI is InChI=1S/C12H17N3O2S/c1-3-18-7-10-14-9-6-13-5-4-8(9)11(15-10)12(16)17-2/h13H,3-7H2,1-2H3. The van der Waals surface area contributed by atoms with Gasteiger partial charge < -0.3 is 10.1 Å². The van der Waals surface area contributed by atoms with Crippen molar-refractivity contribution in [3.05, 3.63) is 22.8 Å². The Hall–Kier alpha value is -1.14. The summed E-state index contributed by atoms with van der Waals surface area (Å²) >= 11 is 1.74. The molecule has 0 spiro atoms. The van der Waals surface area contributed by atoms with Crippen LogP contribution in [-0.4, -0.2) is 35.3 Å². The fourth-order valence-corrected chi connectivity index (χ4v) is 2.45. The van der Waals surface area contributed by atoms with E-state index in [1.54, 1.807) is 11.8 Å². The average Bonchev–Trinajstić information content (AvgIpc) is 2.43. The van der Waals surface area contributed by atoms with E-state index in [1.807, 2.05) is 0 Å². The Balaban J connectivity index is 2.37. The number of ether oxygens (including phenoxy) is 1. The first-order valence-electron chi connectivity index (χ1n) is 6.01. The molecule has 98 valence electrons. The molecule has 2 rings (SSSR count). The summed E-state index contributed by atoms with van der Waals surface area (Å²) in [5, 5.41) is 3.26. The molecule has 0 saturated heterocycles. The quantitative estimate of drug-likeness (QED) is 0.826. The molecule has 0 radical (unpaired) electrons. The van der Waals surface area contributed by atoms with Crippen molar-refractivity contribution >= 4 is 17.7 Å². The minimum atomic E-state index is -0.363. The predicted molar refractivity (Wildman–Crippen MR) is 70.6 cm³/mol. The van der Waals surface area contributed by atoms with Gasteiger partial charge in [0.15, 0.2) is 5.69 Å². The van der Waals surface area contributed by atoms with Crippen molar-refractivity contribution in [3.8, 4) is 0 Å². The van der Waals surface area contributed by atoms with E-state index < -0.39 is 0 Å². The molecule has 1 aliphatic heterocycles. The Morgan fingerprint density at radius 3 is 3.06 bits per heavy atom. The van der Waals surface area contributed by atoms with Crippen LogP contribution in [0.3, 0.4) is 0 Å². The zero-order valence-corrected chi connectivity index (χ0v) is 11.5. The zero-order chi connectivity index (χ0) is 13.0. The first-order valence-corrected chi connectivity index (χ1v) is 7.17. The van der Waals surface area contributed by atoms with Crippen molar-refractivity contribution < 1.29 is 9.53 Å². The molecule has 0 saturated carbocycles. The van der Waals surface area contributed by atoms with Gasteiger partial charge in [0, 0.05) is 12.1 Å². The van der Waals surface area contributed by atoms with E-state index in [1.165, 1.54) is 7.11 Å². The number of thioether (sulfide) groups is 1. The highest BCUT2D eigenvalue weighted by atomic mass is 32.2. The highest BCUT2D eigenvalue weighted by Crippen LogP contribution is 2.18. The summed E-state index contributed by atoms with van der Waals surface area (Å²) in [5.41, 5.74) is 2.31. The highest BCUT2D eigenvalue weighted by molar-refractivity contribution is 7.98. The van der Waals surface area contributed by atoms with Gasteiger partial charge in [-0.1, -0.05) is 6.92 Å². The van der Waals surface area contributed by atoms with Gasteiger partial charge in [-0.25, -0.2) is 14.8 Å². The maximum atomic E-state index is 11.8. The van der Waals surface area contributed by atoms with E-state index in [0.717, 1.165) is 35.7 Å². The lowest BCUT2D eigenvalue weighted by Gasteiger charge is -2.18. The highest BCUT2D eigenvalue weighted by Gasteiger charge is 2.22. The number of hydrogen-bond donors (Lipinski definition) is 1. The van der Waals surface area contributed by atoms with Gasteiger partial charge in [-0.15, -0.1) is 0 Å². The van der Waals surface area contributed by atoms with Crippen molar-refractivity contribution in [2.24, 2.45) is 0 Å². The van der Waals surface area contributed by atoms with Gasteiger partial charge in [0.05, 0.1) is 18.6 Å².